The Labute approximate surface area is 110 Å². The molecule has 0 heterocycles. The third-order valence-corrected chi connectivity index (χ3v) is 2.62. The van der Waals surface area contributed by atoms with E-state index in [2.05, 4.69) is 5.32 Å². The smallest absolute Gasteiger partial charge is 0.239 e. The Kier molecular flexibility index (Phi) is 4.71. The molecule has 7 heteroatoms. The molecule has 0 aliphatic carbocycles. The number of amides is 2. The molecule has 0 aliphatic heterocycles. The van der Waals surface area contributed by atoms with E-state index in [-0.39, 0.29) is 17.9 Å². The molecule has 2 amide bonds. The summed E-state index contributed by atoms with van der Waals surface area (Å²) in [7, 11) is 0. The average molecular weight is 267 g/mol. The van der Waals surface area contributed by atoms with E-state index in [0.29, 0.717) is 5.56 Å². The minimum Gasteiger partial charge on any atom is -0.504 e. The number of carbonyl (C=O) groups is 2. The average Bonchev–Trinajstić information content (AvgIpc) is 2.33. The van der Waals surface area contributed by atoms with Gasteiger partial charge < -0.3 is 27.0 Å². The standard InChI is InChI=1S/C12H17N3O4/c1-6(11(14)18)15-12(19)8(13)4-7-2-3-9(16)10(17)5-7/h2-3,5-6,8,16-17H,4,13H2,1H3,(H2,14,18)(H,15,19)/t6?,8-/m0/s1. The quantitative estimate of drug-likeness (QED) is 0.433. The second kappa shape index (κ2) is 6.05. The molecular formula is C12H17N3O4. The van der Waals surface area contributed by atoms with Crippen LogP contribution in [0, 0.1) is 0 Å². The van der Waals surface area contributed by atoms with Crippen molar-refractivity contribution in [2.24, 2.45) is 11.5 Å². The lowest BCUT2D eigenvalue weighted by Crippen LogP contribution is -2.49. The molecule has 1 rings (SSSR count). The molecule has 0 spiro atoms. The lowest BCUT2D eigenvalue weighted by Gasteiger charge is -2.15. The highest BCUT2D eigenvalue weighted by Crippen LogP contribution is 2.25. The summed E-state index contributed by atoms with van der Waals surface area (Å²) in [6, 6.07) is 2.48. The lowest BCUT2D eigenvalue weighted by molar-refractivity contribution is -0.127. The lowest BCUT2D eigenvalue weighted by atomic mass is 10.1. The molecule has 0 saturated heterocycles. The van der Waals surface area contributed by atoms with Gasteiger partial charge in [-0.25, -0.2) is 0 Å². The molecule has 7 nitrogen and oxygen atoms in total. The highest BCUT2D eigenvalue weighted by Gasteiger charge is 2.19. The number of phenolic OH excluding ortho intramolecular Hbond substituents is 2. The van der Waals surface area contributed by atoms with Gasteiger partial charge in [-0.2, -0.15) is 0 Å². The molecule has 2 atom stereocenters. The Balaban J connectivity index is 2.63. The number of benzene rings is 1. The number of carbonyl (C=O) groups excluding carboxylic acids is 2. The van der Waals surface area contributed by atoms with Gasteiger partial charge in [-0.15, -0.1) is 0 Å². The first-order valence-electron chi connectivity index (χ1n) is 5.67. The van der Waals surface area contributed by atoms with E-state index in [1.807, 2.05) is 0 Å². The van der Waals surface area contributed by atoms with Crippen LogP contribution in [0.15, 0.2) is 18.2 Å². The number of hydrogen-bond donors (Lipinski definition) is 5. The normalized spacial score (nSPS) is 13.6. The monoisotopic (exact) mass is 267 g/mol. The third-order valence-electron chi connectivity index (χ3n) is 2.62. The van der Waals surface area contributed by atoms with Gasteiger partial charge in [-0.05, 0) is 31.0 Å². The van der Waals surface area contributed by atoms with Crippen molar-refractivity contribution in [2.75, 3.05) is 0 Å². The predicted octanol–water partition coefficient (Wildman–Crippen LogP) is -1.04. The summed E-state index contributed by atoms with van der Waals surface area (Å²) in [5.41, 5.74) is 11.3. The molecule has 7 N–H and O–H groups in total. The molecule has 0 saturated carbocycles. The van der Waals surface area contributed by atoms with Crippen LogP contribution in [0.4, 0.5) is 0 Å². The maximum absolute atomic E-state index is 11.7. The topological polar surface area (TPSA) is 139 Å². The highest BCUT2D eigenvalue weighted by molar-refractivity contribution is 5.88. The van der Waals surface area contributed by atoms with E-state index < -0.39 is 23.9 Å². The molecule has 1 aromatic carbocycles. The van der Waals surface area contributed by atoms with Gasteiger partial charge >= 0.3 is 0 Å². The predicted molar refractivity (Wildman–Crippen MR) is 68.3 cm³/mol. The van der Waals surface area contributed by atoms with Crippen molar-refractivity contribution in [3.05, 3.63) is 23.8 Å². The number of aromatic hydroxyl groups is 2. The van der Waals surface area contributed by atoms with Crippen LogP contribution < -0.4 is 16.8 Å². The van der Waals surface area contributed by atoms with Crippen molar-refractivity contribution < 1.29 is 19.8 Å². The Morgan fingerprint density at radius 3 is 2.47 bits per heavy atom. The fraction of sp³-hybridized carbons (Fsp3) is 0.333. The van der Waals surface area contributed by atoms with Crippen LogP contribution in [0.25, 0.3) is 0 Å². The van der Waals surface area contributed by atoms with Crippen LogP contribution in [0.3, 0.4) is 0 Å². The highest BCUT2D eigenvalue weighted by atomic mass is 16.3. The number of nitrogens with one attached hydrogen (secondary N) is 1. The Hall–Kier alpha value is -2.28. The summed E-state index contributed by atoms with van der Waals surface area (Å²) >= 11 is 0. The van der Waals surface area contributed by atoms with Crippen LogP contribution >= 0.6 is 0 Å². The fourth-order valence-corrected chi connectivity index (χ4v) is 1.43. The summed E-state index contributed by atoms with van der Waals surface area (Å²) in [6.07, 6.45) is 0.158. The summed E-state index contributed by atoms with van der Waals surface area (Å²) < 4.78 is 0. The first-order chi connectivity index (χ1) is 8.81. The van der Waals surface area contributed by atoms with Gasteiger partial charge in [0.05, 0.1) is 6.04 Å². The van der Waals surface area contributed by atoms with E-state index in [0.717, 1.165) is 0 Å². The minimum absolute atomic E-state index is 0.158. The largest absolute Gasteiger partial charge is 0.504 e. The second-order valence-corrected chi connectivity index (χ2v) is 4.27. The van der Waals surface area contributed by atoms with Gasteiger partial charge in [0.15, 0.2) is 11.5 Å². The first kappa shape index (κ1) is 14.8. The maximum atomic E-state index is 11.7. The molecule has 0 bridgehead atoms. The number of primary amides is 1. The van der Waals surface area contributed by atoms with Crippen molar-refractivity contribution in [1.82, 2.24) is 5.32 Å². The van der Waals surface area contributed by atoms with E-state index in [1.54, 1.807) is 6.07 Å². The summed E-state index contributed by atoms with van der Waals surface area (Å²) in [4.78, 5) is 22.5. The number of rotatable bonds is 5. The second-order valence-electron chi connectivity index (χ2n) is 4.27. The molecular weight excluding hydrogens is 250 g/mol. The van der Waals surface area contributed by atoms with Crippen LogP contribution in [0.1, 0.15) is 12.5 Å². The van der Waals surface area contributed by atoms with Crippen molar-refractivity contribution in [3.63, 3.8) is 0 Å². The zero-order valence-electron chi connectivity index (χ0n) is 10.5. The summed E-state index contributed by atoms with van der Waals surface area (Å²) in [5, 5.41) is 20.8. The first-order valence-corrected chi connectivity index (χ1v) is 5.67. The van der Waals surface area contributed by atoms with E-state index >= 15 is 0 Å². The number of phenols is 2. The Morgan fingerprint density at radius 2 is 1.95 bits per heavy atom. The van der Waals surface area contributed by atoms with Crippen molar-refractivity contribution in [1.29, 1.82) is 0 Å². The third kappa shape index (κ3) is 4.14. The van der Waals surface area contributed by atoms with E-state index in [4.69, 9.17) is 16.6 Å². The molecule has 1 unspecified atom stereocenters. The van der Waals surface area contributed by atoms with Gasteiger partial charge in [0.25, 0.3) is 0 Å². The van der Waals surface area contributed by atoms with Gasteiger partial charge in [-0.1, -0.05) is 6.07 Å². The van der Waals surface area contributed by atoms with Crippen LogP contribution in [0.5, 0.6) is 11.5 Å². The van der Waals surface area contributed by atoms with Crippen LogP contribution in [-0.4, -0.2) is 34.1 Å². The molecule has 1 aromatic rings. The molecule has 0 aliphatic rings. The number of nitrogens with two attached hydrogens (primary N) is 2. The Bertz CT molecular complexity index is 490. The molecule has 104 valence electrons. The van der Waals surface area contributed by atoms with Gasteiger partial charge in [0, 0.05) is 0 Å². The molecule has 0 radical (unpaired) electrons. The van der Waals surface area contributed by atoms with Gasteiger partial charge in [0.1, 0.15) is 6.04 Å². The summed E-state index contributed by atoms with van der Waals surface area (Å²) in [6.45, 7) is 1.46. The Morgan fingerprint density at radius 1 is 1.32 bits per heavy atom. The minimum atomic E-state index is -0.884. The van der Waals surface area contributed by atoms with Gasteiger partial charge in [-0.3, -0.25) is 9.59 Å². The van der Waals surface area contributed by atoms with Crippen molar-refractivity contribution in [2.45, 2.75) is 25.4 Å². The maximum Gasteiger partial charge on any atom is 0.239 e. The van der Waals surface area contributed by atoms with Crippen molar-refractivity contribution in [3.8, 4) is 11.5 Å². The van der Waals surface area contributed by atoms with Crippen LogP contribution in [-0.2, 0) is 16.0 Å². The fourth-order valence-electron chi connectivity index (χ4n) is 1.43. The zero-order chi connectivity index (χ0) is 14.6. The SMILES string of the molecule is CC(NC(=O)[C@@H](N)Cc1ccc(O)c(O)c1)C(N)=O. The van der Waals surface area contributed by atoms with E-state index in [1.165, 1.54) is 19.1 Å². The van der Waals surface area contributed by atoms with Crippen molar-refractivity contribution >= 4 is 11.8 Å². The molecule has 0 aromatic heterocycles. The summed E-state index contributed by atoms with van der Waals surface area (Å²) in [5.74, 6) is -1.69. The van der Waals surface area contributed by atoms with Crippen LogP contribution in [0.2, 0.25) is 0 Å². The number of hydrogen-bond acceptors (Lipinski definition) is 5. The van der Waals surface area contributed by atoms with Gasteiger partial charge in [0.2, 0.25) is 11.8 Å². The van der Waals surface area contributed by atoms with E-state index in [9.17, 15) is 14.7 Å². The molecule has 19 heavy (non-hydrogen) atoms. The zero-order valence-corrected chi connectivity index (χ0v) is 10.5. The molecule has 0 fully saturated rings.